The quantitative estimate of drug-likeness (QED) is 0.690. The lowest BCUT2D eigenvalue weighted by Gasteiger charge is -2.28. The van der Waals surface area contributed by atoms with E-state index in [2.05, 4.69) is 26.6 Å². The zero-order valence-electron chi connectivity index (χ0n) is 16.0. The topological polar surface area (TPSA) is 70.7 Å². The number of hydrogen-bond acceptors (Lipinski definition) is 3. The number of rotatable bonds is 5. The highest BCUT2D eigenvalue weighted by atomic mass is 79.9. The highest BCUT2D eigenvalue weighted by Crippen LogP contribution is 2.33. The van der Waals surface area contributed by atoms with E-state index in [9.17, 15) is 9.59 Å². The number of amides is 3. The fourth-order valence-corrected chi connectivity index (χ4v) is 3.94. The third kappa shape index (κ3) is 4.65. The monoisotopic (exact) mass is 445 g/mol. The Morgan fingerprint density at radius 1 is 1.21 bits per heavy atom. The van der Waals surface area contributed by atoms with Crippen LogP contribution in [0.1, 0.15) is 37.8 Å². The van der Waals surface area contributed by atoms with Gasteiger partial charge in [0.15, 0.2) is 0 Å². The molecule has 0 bridgehead atoms. The molecule has 28 heavy (non-hydrogen) atoms. The summed E-state index contributed by atoms with van der Waals surface area (Å²) >= 11 is 3.51. The Balaban J connectivity index is 1.73. The average Bonchev–Trinajstić information content (AvgIpc) is 2.68. The Kier molecular flexibility index (Phi) is 6.57. The van der Waals surface area contributed by atoms with Crippen molar-refractivity contribution in [3.05, 3.63) is 52.5 Å². The van der Waals surface area contributed by atoms with Crippen LogP contribution in [0.25, 0.3) is 0 Å². The maximum Gasteiger partial charge on any atom is 0.319 e. The minimum atomic E-state index is -0.315. The molecule has 0 aromatic heterocycles. The first-order valence-corrected chi connectivity index (χ1v) is 10.1. The van der Waals surface area contributed by atoms with E-state index >= 15 is 0 Å². The number of anilines is 2. The van der Waals surface area contributed by atoms with Crippen molar-refractivity contribution in [2.75, 3.05) is 23.9 Å². The second-order valence-corrected chi connectivity index (χ2v) is 7.59. The van der Waals surface area contributed by atoms with Crippen molar-refractivity contribution in [3.63, 3.8) is 0 Å². The highest BCUT2D eigenvalue weighted by Gasteiger charge is 2.23. The van der Waals surface area contributed by atoms with E-state index in [1.54, 1.807) is 30.2 Å². The third-order valence-electron chi connectivity index (χ3n) is 4.77. The first-order chi connectivity index (χ1) is 13.5. The van der Waals surface area contributed by atoms with Crippen LogP contribution in [0.15, 0.2) is 46.9 Å². The van der Waals surface area contributed by atoms with Gasteiger partial charge in [-0.15, -0.1) is 0 Å². The van der Waals surface area contributed by atoms with Crippen molar-refractivity contribution >= 4 is 39.2 Å². The largest absolute Gasteiger partial charge is 0.495 e. The number of nitrogens with zero attached hydrogens (tertiary/aromatic N) is 1. The van der Waals surface area contributed by atoms with Gasteiger partial charge in [-0.2, -0.15) is 0 Å². The van der Waals surface area contributed by atoms with Gasteiger partial charge in [-0.05, 0) is 49.6 Å². The van der Waals surface area contributed by atoms with E-state index in [0.29, 0.717) is 30.1 Å². The van der Waals surface area contributed by atoms with Crippen LogP contribution in [0.4, 0.5) is 16.2 Å². The summed E-state index contributed by atoms with van der Waals surface area (Å²) < 4.78 is 6.36. The van der Waals surface area contributed by atoms with Crippen molar-refractivity contribution < 1.29 is 14.3 Å². The standard InChI is InChI=1S/C21H24BrN3O3/c1-14(16-7-3-4-8-17(16)22)23-21(27)24-15-10-11-19(28-2)18(13-15)25-12-6-5-9-20(25)26/h3-4,7-8,10-11,13-14H,5-6,9,12H2,1-2H3,(H2,23,24,27). The molecule has 1 heterocycles. The molecule has 1 aliphatic heterocycles. The fourth-order valence-electron chi connectivity index (χ4n) is 3.31. The molecule has 3 amide bonds. The number of benzene rings is 2. The van der Waals surface area contributed by atoms with Crippen LogP contribution in [0.2, 0.25) is 0 Å². The van der Waals surface area contributed by atoms with Crippen LogP contribution in [-0.4, -0.2) is 25.6 Å². The molecule has 6 nitrogen and oxygen atoms in total. The molecule has 2 aromatic carbocycles. The predicted octanol–water partition coefficient (Wildman–Crippen LogP) is 4.86. The first-order valence-electron chi connectivity index (χ1n) is 9.30. The average molecular weight is 446 g/mol. The molecule has 0 saturated carbocycles. The van der Waals surface area contributed by atoms with Gasteiger partial charge >= 0.3 is 6.03 Å². The van der Waals surface area contributed by atoms with Gasteiger partial charge < -0.3 is 20.3 Å². The summed E-state index contributed by atoms with van der Waals surface area (Å²) in [6, 6.07) is 12.6. The molecule has 3 rings (SSSR count). The smallest absolute Gasteiger partial charge is 0.319 e. The molecule has 1 atom stereocenters. The Hall–Kier alpha value is -2.54. The van der Waals surface area contributed by atoms with E-state index in [1.807, 2.05) is 31.2 Å². The second-order valence-electron chi connectivity index (χ2n) is 6.73. The molecule has 0 radical (unpaired) electrons. The molecule has 2 N–H and O–H groups in total. The molecular formula is C21H24BrN3O3. The highest BCUT2D eigenvalue weighted by molar-refractivity contribution is 9.10. The van der Waals surface area contributed by atoms with Crippen LogP contribution in [0.3, 0.4) is 0 Å². The number of carbonyl (C=O) groups excluding carboxylic acids is 2. The second kappa shape index (κ2) is 9.10. The van der Waals surface area contributed by atoms with Gasteiger partial charge in [0.25, 0.3) is 0 Å². The summed E-state index contributed by atoms with van der Waals surface area (Å²) in [6.07, 6.45) is 2.40. The van der Waals surface area contributed by atoms with Gasteiger partial charge in [0.1, 0.15) is 5.75 Å². The van der Waals surface area contributed by atoms with E-state index in [-0.39, 0.29) is 18.0 Å². The number of nitrogens with one attached hydrogen (secondary N) is 2. The lowest BCUT2D eigenvalue weighted by atomic mass is 10.1. The van der Waals surface area contributed by atoms with Gasteiger partial charge in [0, 0.05) is 23.1 Å². The molecule has 148 valence electrons. The summed E-state index contributed by atoms with van der Waals surface area (Å²) in [5.41, 5.74) is 2.28. The fraction of sp³-hybridized carbons (Fsp3) is 0.333. The zero-order chi connectivity index (χ0) is 20.1. The molecule has 0 spiro atoms. The van der Waals surface area contributed by atoms with Crippen molar-refractivity contribution in [1.82, 2.24) is 5.32 Å². The lowest BCUT2D eigenvalue weighted by Crippen LogP contribution is -2.35. The Labute approximate surface area is 173 Å². The van der Waals surface area contributed by atoms with Gasteiger partial charge in [-0.1, -0.05) is 34.1 Å². The van der Waals surface area contributed by atoms with Crippen molar-refractivity contribution in [1.29, 1.82) is 0 Å². The zero-order valence-corrected chi connectivity index (χ0v) is 17.6. The number of halogens is 1. The van der Waals surface area contributed by atoms with Crippen LogP contribution in [-0.2, 0) is 4.79 Å². The molecule has 1 fully saturated rings. The molecule has 0 aliphatic carbocycles. The van der Waals surface area contributed by atoms with Crippen LogP contribution in [0, 0.1) is 0 Å². The molecule has 7 heteroatoms. The van der Waals surface area contributed by atoms with Crippen molar-refractivity contribution in [2.24, 2.45) is 0 Å². The number of ether oxygens (including phenoxy) is 1. The Morgan fingerprint density at radius 3 is 2.71 bits per heavy atom. The predicted molar refractivity (Wildman–Crippen MR) is 114 cm³/mol. The van der Waals surface area contributed by atoms with Crippen LogP contribution < -0.4 is 20.3 Å². The van der Waals surface area contributed by atoms with Crippen LogP contribution in [0.5, 0.6) is 5.75 Å². The van der Waals surface area contributed by atoms with E-state index < -0.39 is 0 Å². The molecule has 1 saturated heterocycles. The minimum Gasteiger partial charge on any atom is -0.495 e. The van der Waals surface area contributed by atoms with Gasteiger partial charge in [0.2, 0.25) is 5.91 Å². The van der Waals surface area contributed by atoms with Gasteiger partial charge in [-0.3, -0.25) is 4.79 Å². The number of carbonyl (C=O) groups is 2. The van der Waals surface area contributed by atoms with E-state index in [4.69, 9.17) is 4.74 Å². The van der Waals surface area contributed by atoms with Crippen molar-refractivity contribution in [3.8, 4) is 5.75 Å². The summed E-state index contributed by atoms with van der Waals surface area (Å²) in [7, 11) is 1.58. The van der Waals surface area contributed by atoms with Crippen LogP contribution >= 0.6 is 15.9 Å². The normalized spacial score (nSPS) is 15.1. The summed E-state index contributed by atoms with van der Waals surface area (Å²) in [5, 5.41) is 5.78. The number of piperidine rings is 1. The number of urea groups is 1. The van der Waals surface area contributed by atoms with E-state index in [1.165, 1.54) is 0 Å². The number of methoxy groups -OCH3 is 1. The molecule has 1 unspecified atom stereocenters. The summed E-state index contributed by atoms with van der Waals surface area (Å²) in [6.45, 7) is 2.58. The first kappa shape index (κ1) is 20.2. The maximum absolute atomic E-state index is 12.5. The maximum atomic E-state index is 12.5. The van der Waals surface area contributed by atoms with Gasteiger partial charge in [-0.25, -0.2) is 4.79 Å². The van der Waals surface area contributed by atoms with E-state index in [0.717, 1.165) is 22.9 Å². The third-order valence-corrected chi connectivity index (χ3v) is 5.49. The molecule has 1 aliphatic rings. The molecule has 2 aromatic rings. The Morgan fingerprint density at radius 2 is 2.00 bits per heavy atom. The summed E-state index contributed by atoms with van der Waals surface area (Å²) in [4.78, 5) is 26.5. The lowest BCUT2D eigenvalue weighted by molar-refractivity contribution is -0.119. The minimum absolute atomic E-state index is 0.0775. The summed E-state index contributed by atoms with van der Waals surface area (Å²) in [5.74, 6) is 0.691. The van der Waals surface area contributed by atoms with Crippen molar-refractivity contribution in [2.45, 2.75) is 32.2 Å². The van der Waals surface area contributed by atoms with Gasteiger partial charge in [0.05, 0.1) is 18.8 Å². The number of hydrogen-bond donors (Lipinski definition) is 2. The molecular weight excluding hydrogens is 422 g/mol. The SMILES string of the molecule is COc1ccc(NC(=O)NC(C)c2ccccc2Br)cc1N1CCCCC1=O. The Bertz CT molecular complexity index is 872.